The van der Waals surface area contributed by atoms with Crippen LogP contribution in [0.15, 0.2) is 40.5 Å². The van der Waals surface area contributed by atoms with Crippen LogP contribution in [0, 0.1) is 6.92 Å². The Kier molecular flexibility index (Phi) is 4.00. The van der Waals surface area contributed by atoms with Gasteiger partial charge in [0.1, 0.15) is 10.6 Å². The number of aromatic nitrogens is 2. The van der Waals surface area contributed by atoms with Crippen LogP contribution in [-0.2, 0) is 17.6 Å². The van der Waals surface area contributed by atoms with E-state index in [0.29, 0.717) is 0 Å². The van der Waals surface area contributed by atoms with Crippen molar-refractivity contribution in [1.29, 1.82) is 0 Å². The van der Waals surface area contributed by atoms with Crippen LogP contribution in [0.3, 0.4) is 0 Å². The lowest BCUT2D eigenvalue weighted by Gasteiger charge is -2.13. The fourth-order valence-corrected chi connectivity index (χ4v) is 3.77. The molecule has 0 saturated carbocycles. The zero-order chi connectivity index (χ0) is 15.7. The summed E-state index contributed by atoms with van der Waals surface area (Å²) in [6.07, 6.45) is 0.818. The van der Waals surface area contributed by atoms with E-state index in [4.69, 9.17) is 4.84 Å². The maximum Gasteiger partial charge on any atom is 0.137 e. The lowest BCUT2D eigenvalue weighted by atomic mass is 9.98. The van der Waals surface area contributed by atoms with Crippen LogP contribution in [0.2, 0.25) is 0 Å². The van der Waals surface area contributed by atoms with Crippen molar-refractivity contribution in [3.8, 4) is 0 Å². The molecule has 3 rings (SSSR count). The van der Waals surface area contributed by atoms with Crippen LogP contribution in [0.4, 0.5) is 0 Å². The molecule has 116 valence electrons. The number of aryl methyl sites for hydroxylation is 2. The van der Waals surface area contributed by atoms with E-state index in [1.807, 2.05) is 24.7 Å². The van der Waals surface area contributed by atoms with Crippen LogP contribution in [0.5, 0.6) is 0 Å². The molecule has 2 aromatic rings. The lowest BCUT2D eigenvalue weighted by molar-refractivity contribution is 0.0123. The number of hydrogen-bond donors (Lipinski definition) is 0. The van der Waals surface area contributed by atoms with Gasteiger partial charge >= 0.3 is 0 Å². The van der Waals surface area contributed by atoms with E-state index >= 15 is 0 Å². The summed E-state index contributed by atoms with van der Waals surface area (Å²) in [5.74, 6) is 0.921. The topological polar surface area (TPSA) is 39.4 Å². The van der Waals surface area contributed by atoms with Crippen LogP contribution in [0.25, 0.3) is 0 Å². The molecule has 0 spiro atoms. The highest BCUT2D eigenvalue weighted by molar-refractivity contribution is 7.98. The number of rotatable bonds is 4. The molecule has 1 aliphatic rings. The van der Waals surface area contributed by atoms with Crippen LogP contribution in [0.1, 0.15) is 37.1 Å². The van der Waals surface area contributed by atoms with E-state index in [0.717, 1.165) is 34.2 Å². The molecule has 0 unspecified atom stereocenters. The average molecular weight is 315 g/mol. The van der Waals surface area contributed by atoms with E-state index in [1.165, 1.54) is 5.56 Å². The summed E-state index contributed by atoms with van der Waals surface area (Å²) in [6.45, 7) is 6.16. The van der Waals surface area contributed by atoms with Gasteiger partial charge in [0.05, 0.1) is 17.0 Å². The second-order valence-electron chi connectivity index (χ2n) is 6.23. The molecule has 0 fully saturated rings. The molecule has 0 N–H and O–H groups in total. The normalized spacial score (nSPS) is 16.5. The minimum atomic E-state index is -0.223. The molecular weight excluding hydrogens is 294 g/mol. The molecule has 0 radical (unpaired) electrons. The Hall–Kier alpha value is -1.75. The van der Waals surface area contributed by atoms with Crippen molar-refractivity contribution in [1.82, 2.24) is 9.78 Å². The largest absolute Gasteiger partial charge is 0.389 e. The molecule has 5 heteroatoms. The highest BCUT2D eigenvalue weighted by Gasteiger charge is 2.32. The van der Waals surface area contributed by atoms with Crippen molar-refractivity contribution in [3.63, 3.8) is 0 Å². The van der Waals surface area contributed by atoms with Gasteiger partial charge < -0.3 is 4.84 Å². The van der Waals surface area contributed by atoms with Gasteiger partial charge in [-0.05, 0) is 26.3 Å². The van der Waals surface area contributed by atoms with E-state index in [2.05, 4.69) is 48.4 Å². The first kappa shape index (κ1) is 15.2. The molecule has 0 bridgehead atoms. The van der Waals surface area contributed by atoms with Crippen molar-refractivity contribution in [2.75, 3.05) is 0 Å². The Bertz CT molecular complexity index is 704. The third-order valence-electron chi connectivity index (χ3n) is 3.67. The first-order valence-corrected chi connectivity index (χ1v) is 8.40. The molecule has 4 nitrogen and oxygen atoms in total. The Labute approximate surface area is 135 Å². The number of nitrogens with zero attached hydrogens (tertiary/aromatic N) is 3. The number of hydrogen-bond acceptors (Lipinski definition) is 4. The molecular formula is C17H21N3OS. The van der Waals surface area contributed by atoms with Crippen LogP contribution >= 0.6 is 11.8 Å². The van der Waals surface area contributed by atoms with Crippen molar-refractivity contribution in [3.05, 3.63) is 47.2 Å². The van der Waals surface area contributed by atoms with Crippen molar-refractivity contribution in [2.45, 2.75) is 43.6 Å². The molecule has 0 amide bonds. The van der Waals surface area contributed by atoms with Gasteiger partial charge in [-0.2, -0.15) is 5.10 Å². The second-order valence-corrected chi connectivity index (χ2v) is 7.19. The molecule has 1 aliphatic heterocycles. The standard InChI is InChI=1S/C17H21N3OS/c1-12-15(14-10-17(2,3)21-19-14)16(20(4)18-12)22-11-13-8-6-5-7-9-13/h5-9H,10-11H2,1-4H3. The van der Waals surface area contributed by atoms with Crippen molar-refractivity contribution >= 4 is 17.5 Å². The Morgan fingerprint density at radius 3 is 2.64 bits per heavy atom. The summed E-state index contributed by atoms with van der Waals surface area (Å²) in [6, 6.07) is 10.5. The Morgan fingerprint density at radius 1 is 1.27 bits per heavy atom. The maximum absolute atomic E-state index is 5.53. The monoisotopic (exact) mass is 315 g/mol. The smallest absolute Gasteiger partial charge is 0.137 e. The third kappa shape index (κ3) is 3.04. The molecule has 1 aromatic heterocycles. The number of benzene rings is 1. The van der Waals surface area contributed by atoms with Gasteiger partial charge in [0.15, 0.2) is 0 Å². The predicted molar refractivity (Wildman–Crippen MR) is 90.3 cm³/mol. The first-order chi connectivity index (χ1) is 10.5. The summed E-state index contributed by atoms with van der Waals surface area (Å²) in [5.41, 5.74) is 4.24. The van der Waals surface area contributed by atoms with Gasteiger partial charge in [-0.1, -0.05) is 35.5 Å². The minimum Gasteiger partial charge on any atom is -0.389 e. The van der Waals surface area contributed by atoms with Crippen molar-refractivity contribution in [2.24, 2.45) is 12.2 Å². The number of thioether (sulfide) groups is 1. The third-order valence-corrected chi connectivity index (χ3v) is 4.89. The number of oxime groups is 1. The predicted octanol–water partition coefficient (Wildman–Crippen LogP) is 3.92. The van der Waals surface area contributed by atoms with Gasteiger partial charge in [-0.25, -0.2) is 0 Å². The molecule has 22 heavy (non-hydrogen) atoms. The Balaban J connectivity index is 1.85. The van der Waals surface area contributed by atoms with Gasteiger partial charge in [0, 0.05) is 19.2 Å². The first-order valence-electron chi connectivity index (χ1n) is 7.42. The lowest BCUT2D eigenvalue weighted by Crippen LogP contribution is -2.19. The second kappa shape index (κ2) is 5.80. The van der Waals surface area contributed by atoms with Gasteiger partial charge in [-0.15, -0.1) is 11.8 Å². The summed E-state index contributed by atoms with van der Waals surface area (Å²) >= 11 is 1.80. The molecule has 0 atom stereocenters. The van der Waals surface area contributed by atoms with Crippen molar-refractivity contribution < 1.29 is 4.84 Å². The van der Waals surface area contributed by atoms with E-state index < -0.39 is 0 Å². The quantitative estimate of drug-likeness (QED) is 0.803. The highest BCUT2D eigenvalue weighted by atomic mass is 32.2. The highest BCUT2D eigenvalue weighted by Crippen LogP contribution is 2.33. The van der Waals surface area contributed by atoms with E-state index in [9.17, 15) is 0 Å². The Morgan fingerprint density at radius 2 is 2.00 bits per heavy atom. The van der Waals surface area contributed by atoms with Gasteiger partial charge in [0.25, 0.3) is 0 Å². The SMILES string of the molecule is Cc1nn(C)c(SCc2ccccc2)c1C1=NOC(C)(C)C1. The summed E-state index contributed by atoms with van der Waals surface area (Å²) < 4.78 is 1.95. The fourth-order valence-electron chi connectivity index (χ4n) is 2.64. The molecule has 1 aromatic carbocycles. The maximum atomic E-state index is 5.53. The van der Waals surface area contributed by atoms with Gasteiger partial charge in [0.2, 0.25) is 0 Å². The molecule has 0 saturated heterocycles. The van der Waals surface area contributed by atoms with Crippen LogP contribution in [-0.4, -0.2) is 21.1 Å². The zero-order valence-corrected chi connectivity index (χ0v) is 14.3. The van der Waals surface area contributed by atoms with Crippen LogP contribution < -0.4 is 0 Å². The summed E-state index contributed by atoms with van der Waals surface area (Å²) in [4.78, 5) is 5.53. The fraction of sp³-hybridized carbons (Fsp3) is 0.412. The molecule has 2 heterocycles. The molecule has 0 aliphatic carbocycles. The minimum absolute atomic E-state index is 0.223. The zero-order valence-electron chi connectivity index (χ0n) is 13.5. The summed E-state index contributed by atoms with van der Waals surface area (Å²) in [5, 5.41) is 10.0. The average Bonchev–Trinajstić information content (AvgIpc) is 2.96. The van der Waals surface area contributed by atoms with Gasteiger partial charge in [-0.3, -0.25) is 4.68 Å². The summed E-state index contributed by atoms with van der Waals surface area (Å²) in [7, 11) is 1.99. The van der Waals surface area contributed by atoms with E-state index in [-0.39, 0.29) is 5.60 Å². The van der Waals surface area contributed by atoms with E-state index in [1.54, 1.807) is 11.8 Å².